The minimum Gasteiger partial charge on any atom is -0.383 e. The molecule has 0 spiro atoms. The third kappa shape index (κ3) is 4.52. The van der Waals surface area contributed by atoms with Crippen LogP contribution < -0.4 is 10.9 Å². The van der Waals surface area contributed by atoms with Gasteiger partial charge in [0.25, 0.3) is 11.5 Å². The highest BCUT2D eigenvalue weighted by atomic mass is 32.1. The van der Waals surface area contributed by atoms with Gasteiger partial charge in [-0.3, -0.25) is 9.59 Å². The number of thiazole rings is 1. The van der Waals surface area contributed by atoms with E-state index >= 15 is 0 Å². The van der Waals surface area contributed by atoms with Gasteiger partial charge >= 0.3 is 0 Å². The number of rotatable bonds is 7. The Morgan fingerprint density at radius 3 is 2.64 bits per heavy atom. The maximum Gasteiger partial charge on any atom is 0.280 e. The Morgan fingerprint density at radius 1 is 1.21 bits per heavy atom. The van der Waals surface area contributed by atoms with Gasteiger partial charge in [0.15, 0.2) is 5.01 Å². The van der Waals surface area contributed by atoms with Crippen molar-refractivity contribution in [3.05, 3.63) is 57.8 Å². The summed E-state index contributed by atoms with van der Waals surface area (Å²) in [5.41, 5.74) is 1.94. The number of hydrogen-bond acceptors (Lipinski definition) is 6. The average Bonchev–Trinajstić information content (AvgIpc) is 3.13. The minimum absolute atomic E-state index is 0.00843. The maximum absolute atomic E-state index is 12.5. The molecule has 8 heteroatoms. The van der Waals surface area contributed by atoms with E-state index in [9.17, 15) is 9.59 Å². The lowest BCUT2D eigenvalue weighted by atomic mass is 10.1. The molecule has 0 unspecified atom stereocenters. The van der Waals surface area contributed by atoms with Gasteiger partial charge in [0.2, 0.25) is 0 Å². The van der Waals surface area contributed by atoms with Crippen molar-refractivity contribution in [3.8, 4) is 21.8 Å². The first-order chi connectivity index (χ1) is 13.5. The standard InChI is InChI=1S/C20H22N4O3S/c1-13(2)21-19(26)20-22-17(14-7-5-4-6-8-14)18(28-20)15-9-10-16(25)24(23-15)11-12-27-3/h4-10,13H,11-12H2,1-3H3,(H,21,26). The fourth-order valence-electron chi connectivity index (χ4n) is 2.61. The first kappa shape index (κ1) is 19.9. The number of ether oxygens (including phenoxy) is 1. The first-order valence-electron chi connectivity index (χ1n) is 8.94. The number of methoxy groups -OCH3 is 1. The molecular formula is C20H22N4O3S. The molecule has 3 aromatic rings. The monoisotopic (exact) mass is 398 g/mol. The molecule has 28 heavy (non-hydrogen) atoms. The molecule has 0 atom stereocenters. The number of benzene rings is 1. The van der Waals surface area contributed by atoms with Gasteiger partial charge in [0.05, 0.1) is 23.7 Å². The Bertz CT molecular complexity index is 1010. The quantitative estimate of drug-likeness (QED) is 0.661. The largest absolute Gasteiger partial charge is 0.383 e. The molecular weight excluding hydrogens is 376 g/mol. The van der Waals surface area contributed by atoms with E-state index in [0.717, 1.165) is 10.4 Å². The molecule has 7 nitrogen and oxygen atoms in total. The van der Waals surface area contributed by atoms with E-state index in [4.69, 9.17) is 4.74 Å². The molecule has 0 radical (unpaired) electrons. The number of aromatic nitrogens is 3. The fourth-order valence-corrected chi connectivity index (χ4v) is 3.57. The molecule has 1 aromatic carbocycles. The Morgan fingerprint density at radius 2 is 1.96 bits per heavy atom. The summed E-state index contributed by atoms with van der Waals surface area (Å²) in [5, 5.41) is 7.69. The zero-order chi connectivity index (χ0) is 20.1. The summed E-state index contributed by atoms with van der Waals surface area (Å²) in [5.74, 6) is -0.226. The highest BCUT2D eigenvalue weighted by molar-refractivity contribution is 7.17. The average molecular weight is 398 g/mol. The van der Waals surface area contributed by atoms with Gasteiger partial charge in [0.1, 0.15) is 5.69 Å². The zero-order valence-corrected chi connectivity index (χ0v) is 16.8. The van der Waals surface area contributed by atoms with Gasteiger partial charge < -0.3 is 10.1 Å². The number of nitrogens with one attached hydrogen (secondary N) is 1. The molecule has 2 heterocycles. The number of carbonyl (C=O) groups is 1. The van der Waals surface area contributed by atoms with Crippen LogP contribution in [0.4, 0.5) is 0 Å². The molecule has 0 bridgehead atoms. The molecule has 0 aliphatic carbocycles. The molecule has 1 amide bonds. The zero-order valence-electron chi connectivity index (χ0n) is 16.0. The predicted molar refractivity (Wildman–Crippen MR) is 110 cm³/mol. The fraction of sp³-hybridized carbons (Fsp3) is 0.300. The van der Waals surface area contributed by atoms with Crippen molar-refractivity contribution in [1.82, 2.24) is 20.1 Å². The summed E-state index contributed by atoms with van der Waals surface area (Å²) in [6.45, 7) is 4.53. The second kappa shape index (κ2) is 8.90. The summed E-state index contributed by atoms with van der Waals surface area (Å²) in [6, 6.07) is 12.8. The van der Waals surface area contributed by atoms with E-state index in [1.165, 1.54) is 22.1 Å². The second-order valence-corrected chi connectivity index (χ2v) is 7.46. The minimum atomic E-state index is -0.226. The Labute approximate surface area is 167 Å². The van der Waals surface area contributed by atoms with Gasteiger partial charge in [-0.05, 0) is 19.9 Å². The number of carbonyl (C=O) groups excluding carboxylic acids is 1. The van der Waals surface area contributed by atoms with Crippen molar-refractivity contribution in [2.45, 2.75) is 26.4 Å². The van der Waals surface area contributed by atoms with E-state index in [0.29, 0.717) is 29.5 Å². The topological polar surface area (TPSA) is 86.1 Å². The molecule has 0 saturated heterocycles. The Hall–Kier alpha value is -2.84. The Balaban J connectivity index is 2.10. The molecule has 146 valence electrons. The maximum atomic E-state index is 12.5. The van der Waals surface area contributed by atoms with E-state index < -0.39 is 0 Å². The van der Waals surface area contributed by atoms with Crippen LogP contribution in [0.5, 0.6) is 0 Å². The van der Waals surface area contributed by atoms with Crippen LogP contribution in [0.3, 0.4) is 0 Å². The molecule has 0 aliphatic rings. The van der Waals surface area contributed by atoms with Crippen molar-refractivity contribution in [2.24, 2.45) is 0 Å². The third-order valence-electron chi connectivity index (χ3n) is 3.89. The van der Waals surface area contributed by atoms with Crippen molar-refractivity contribution < 1.29 is 9.53 Å². The lowest BCUT2D eigenvalue weighted by molar-refractivity contribution is 0.0943. The Kier molecular flexibility index (Phi) is 6.33. The van der Waals surface area contributed by atoms with Crippen LogP contribution in [0.1, 0.15) is 23.6 Å². The summed E-state index contributed by atoms with van der Waals surface area (Å²) in [4.78, 5) is 29.9. The first-order valence-corrected chi connectivity index (χ1v) is 9.76. The summed E-state index contributed by atoms with van der Waals surface area (Å²) >= 11 is 1.26. The van der Waals surface area contributed by atoms with Crippen molar-refractivity contribution >= 4 is 17.2 Å². The van der Waals surface area contributed by atoms with Gasteiger partial charge in [0, 0.05) is 24.8 Å². The second-order valence-electron chi connectivity index (χ2n) is 6.46. The van der Waals surface area contributed by atoms with E-state index in [-0.39, 0.29) is 17.5 Å². The van der Waals surface area contributed by atoms with Crippen LogP contribution in [0, 0.1) is 0 Å². The predicted octanol–water partition coefficient (Wildman–Crippen LogP) is 2.82. The van der Waals surface area contributed by atoms with Crippen LogP contribution >= 0.6 is 11.3 Å². The van der Waals surface area contributed by atoms with Crippen LogP contribution in [0.2, 0.25) is 0 Å². The van der Waals surface area contributed by atoms with Crippen LogP contribution in [0.25, 0.3) is 21.8 Å². The summed E-state index contributed by atoms with van der Waals surface area (Å²) in [6.07, 6.45) is 0. The summed E-state index contributed by atoms with van der Waals surface area (Å²) in [7, 11) is 1.57. The van der Waals surface area contributed by atoms with Gasteiger partial charge in [-0.25, -0.2) is 9.67 Å². The lowest BCUT2D eigenvalue weighted by Crippen LogP contribution is -2.29. The van der Waals surface area contributed by atoms with Gasteiger partial charge in [-0.15, -0.1) is 11.3 Å². The molecule has 3 rings (SSSR count). The highest BCUT2D eigenvalue weighted by Crippen LogP contribution is 2.35. The van der Waals surface area contributed by atoms with Crippen molar-refractivity contribution in [3.63, 3.8) is 0 Å². The van der Waals surface area contributed by atoms with Crippen LogP contribution in [-0.2, 0) is 11.3 Å². The van der Waals surface area contributed by atoms with E-state index in [1.54, 1.807) is 13.2 Å². The van der Waals surface area contributed by atoms with Crippen molar-refractivity contribution in [2.75, 3.05) is 13.7 Å². The molecule has 2 aromatic heterocycles. The molecule has 0 fully saturated rings. The molecule has 0 aliphatic heterocycles. The van der Waals surface area contributed by atoms with E-state index in [1.807, 2.05) is 44.2 Å². The van der Waals surface area contributed by atoms with Crippen molar-refractivity contribution in [1.29, 1.82) is 0 Å². The molecule has 0 saturated carbocycles. The molecule has 1 N–H and O–H groups in total. The number of nitrogens with zero attached hydrogens (tertiary/aromatic N) is 3. The highest BCUT2D eigenvalue weighted by Gasteiger charge is 2.21. The smallest absolute Gasteiger partial charge is 0.280 e. The number of amides is 1. The van der Waals surface area contributed by atoms with Crippen LogP contribution in [-0.4, -0.2) is 40.4 Å². The summed E-state index contributed by atoms with van der Waals surface area (Å²) < 4.78 is 6.41. The lowest BCUT2D eigenvalue weighted by Gasteiger charge is -2.06. The van der Waals surface area contributed by atoms with E-state index in [2.05, 4.69) is 15.4 Å². The van der Waals surface area contributed by atoms with Gasteiger partial charge in [-0.1, -0.05) is 30.3 Å². The SMILES string of the molecule is COCCn1nc(-c2sc(C(=O)NC(C)C)nc2-c2ccccc2)ccc1=O. The van der Waals surface area contributed by atoms with Gasteiger partial charge in [-0.2, -0.15) is 5.10 Å². The normalized spacial score (nSPS) is 11.0. The van der Waals surface area contributed by atoms with Crippen LogP contribution in [0.15, 0.2) is 47.3 Å². The number of hydrogen-bond donors (Lipinski definition) is 1. The third-order valence-corrected chi connectivity index (χ3v) is 4.97.